The predicted octanol–water partition coefficient (Wildman–Crippen LogP) is 4.51. The molecule has 4 rings (SSSR count). The molecule has 1 aliphatic rings. The summed E-state index contributed by atoms with van der Waals surface area (Å²) >= 11 is 1.61. The van der Waals surface area contributed by atoms with E-state index in [1.165, 1.54) is 11.1 Å². The van der Waals surface area contributed by atoms with Crippen molar-refractivity contribution in [1.82, 2.24) is 9.88 Å². The summed E-state index contributed by atoms with van der Waals surface area (Å²) in [6.07, 6.45) is 0. The van der Waals surface area contributed by atoms with Crippen LogP contribution in [0.15, 0.2) is 30.3 Å². The highest BCUT2D eigenvalue weighted by atomic mass is 32.1. The zero-order valence-electron chi connectivity index (χ0n) is 18.2. The molecule has 1 aromatic heterocycles. The average Bonchev–Trinajstić information content (AvgIpc) is 3.14. The Kier molecular flexibility index (Phi) is 6.18. The van der Waals surface area contributed by atoms with E-state index >= 15 is 0 Å². The number of aryl methyl sites for hydroxylation is 4. The second-order valence-corrected chi connectivity index (χ2v) is 9.13. The van der Waals surface area contributed by atoms with E-state index in [1.54, 1.807) is 11.3 Å². The van der Waals surface area contributed by atoms with Gasteiger partial charge in [-0.15, -0.1) is 0 Å². The quantitative estimate of drug-likeness (QED) is 0.606. The van der Waals surface area contributed by atoms with Crippen molar-refractivity contribution < 1.29 is 9.53 Å². The van der Waals surface area contributed by atoms with Crippen LogP contribution in [0.3, 0.4) is 0 Å². The minimum atomic E-state index is 0.0258. The van der Waals surface area contributed by atoms with E-state index in [0.717, 1.165) is 64.9 Å². The number of thiazole rings is 1. The topological polar surface area (TPSA) is 45.7 Å². The second-order valence-electron chi connectivity index (χ2n) is 8.16. The number of hydrogen-bond donors (Lipinski definition) is 0. The molecular formula is C24H29N3O2S. The normalized spacial score (nSPS) is 14.9. The fourth-order valence-corrected chi connectivity index (χ4v) is 4.98. The van der Waals surface area contributed by atoms with Crippen molar-refractivity contribution in [2.75, 3.05) is 44.3 Å². The van der Waals surface area contributed by atoms with Gasteiger partial charge in [-0.05, 0) is 56.5 Å². The number of rotatable bonds is 5. The van der Waals surface area contributed by atoms with Gasteiger partial charge in [0, 0.05) is 31.7 Å². The number of benzene rings is 2. The van der Waals surface area contributed by atoms with Crippen LogP contribution in [0.4, 0.5) is 5.13 Å². The van der Waals surface area contributed by atoms with Crippen LogP contribution in [-0.2, 0) is 4.74 Å². The molecule has 0 aliphatic carbocycles. The third-order valence-electron chi connectivity index (χ3n) is 5.65. The molecule has 3 aromatic rings. The molecule has 5 nitrogen and oxygen atoms in total. The summed E-state index contributed by atoms with van der Waals surface area (Å²) in [5, 5.41) is 0.776. The number of fused-ring (bicyclic) bond motifs is 1. The predicted molar refractivity (Wildman–Crippen MR) is 124 cm³/mol. The van der Waals surface area contributed by atoms with E-state index in [0.29, 0.717) is 6.54 Å². The lowest BCUT2D eigenvalue weighted by Gasteiger charge is -2.29. The van der Waals surface area contributed by atoms with Crippen molar-refractivity contribution in [2.24, 2.45) is 0 Å². The maximum atomic E-state index is 13.7. The Morgan fingerprint density at radius 1 is 1.07 bits per heavy atom. The fourth-order valence-electron chi connectivity index (χ4n) is 3.94. The lowest BCUT2D eigenvalue weighted by Crippen LogP contribution is -2.43. The number of carbonyl (C=O) groups excluding carboxylic acids is 1. The van der Waals surface area contributed by atoms with Gasteiger partial charge in [0.05, 0.1) is 23.4 Å². The van der Waals surface area contributed by atoms with Crippen molar-refractivity contribution in [3.63, 3.8) is 0 Å². The monoisotopic (exact) mass is 423 g/mol. The third kappa shape index (κ3) is 4.41. The highest BCUT2D eigenvalue weighted by Crippen LogP contribution is 2.33. The Bertz CT molecular complexity index is 1070. The van der Waals surface area contributed by atoms with Crippen molar-refractivity contribution in [1.29, 1.82) is 0 Å². The molecule has 158 valence electrons. The van der Waals surface area contributed by atoms with Gasteiger partial charge < -0.3 is 4.74 Å². The van der Waals surface area contributed by atoms with Crippen LogP contribution in [0, 0.1) is 27.7 Å². The van der Waals surface area contributed by atoms with E-state index in [2.05, 4.69) is 30.9 Å². The van der Waals surface area contributed by atoms with Crippen molar-refractivity contribution in [3.8, 4) is 0 Å². The maximum Gasteiger partial charge on any atom is 0.260 e. The number of carbonyl (C=O) groups is 1. The first-order valence-corrected chi connectivity index (χ1v) is 11.3. The van der Waals surface area contributed by atoms with Crippen LogP contribution < -0.4 is 4.90 Å². The molecule has 0 unspecified atom stereocenters. The molecule has 0 spiro atoms. The van der Waals surface area contributed by atoms with E-state index in [-0.39, 0.29) is 5.91 Å². The summed E-state index contributed by atoms with van der Waals surface area (Å²) in [5.74, 6) is 0.0258. The van der Waals surface area contributed by atoms with Crippen LogP contribution in [0.5, 0.6) is 0 Å². The zero-order valence-corrected chi connectivity index (χ0v) is 19.0. The summed E-state index contributed by atoms with van der Waals surface area (Å²) in [6.45, 7) is 13.0. The Morgan fingerprint density at radius 2 is 1.83 bits per heavy atom. The van der Waals surface area contributed by atoms with Gasteiger partial charge >= 0.3 is 0 Å². The summed E-state index contributed by atoms with van der Waals surface area (Å²) in [4.78, 5) is 22.8. The summed E-state index contributed by atoms with van der Waals surface area (Å²) in [5.41, 5.74) is 6.21. The van der Waals surface area contributed by atoms with E-state index in [4.69, 9.17) is 9.72 Å². The maximum absolute atomic E-state index is 13.7. The molecule has 1 saturated heterocycles. The van der Waals surface area contributed by atoms with Crippen LogP contribution in [0.2, 0.25) is 0 Å². The molecule has 2 aromatic carbocycles. The van der Waals surface area contributed by atoms with Gasteiger partial charge in [0.15, 0.2) is 5.13 Å². The third-order valence-corrected chi connectivity index (χ3v) is 6.88. The number of anilines is 1. The molecule has 0 radical (unpaired) electrons. The zero-order chi connectivity index (χ0) is 21.3. The number of nitrogens with zero attached hydrogens (tertiary/aromatic N) is 3. The largest absolute Gasteiger partial charge is 0.379 e. The van der Waals surface area contributed by atoms with Gasteiger partial charge in [0.25, 0.3) is 5.91 Å². The highest BCUT2D eigenvalue weighted by molar-refractivity contribution is 7.22. The van der Waals surface area contributed by atoms with Gasteiger partial charge in [-0.25, -0.2) is 4.98 Å². The van der Waals surface area contributed by atoms with E-state index < -0.39 is 0 Å². The van der Waals surface area contributed by atoms with Crippen LogP contribution in [0.1, 0.15) is 32.6 Å². The smallest absolute Gasteiger partial charge is 0.260 e. The first kappa shape index (κ1) is 21.0. The highest BCUT2D eigenvalue weighted by Gasteiger charge is 2.24. The number of amides is 1. The Hall–Kier alpha value is -2.28. The van der Waals surface area contributed by atoms with Crippen LogP contribution in [-0.4, -0.2) is 55.2 Å². The summed E-state index contributed by atoms with van der Waals surface area (Å²) < 4.78 is 6.62. The fraction of sp³-hybridized carbons (Fsp3) is 0.417. The van der Waals surface area contributed by atoms with Crippen molar-refractivity contribution in [2.45, 2.75) is 27.7 Å². The van der Waals surface area contributed by atoms with Gasteiger partial charge in [-0.3, -0.25) is 14.6 Å². The van der Waals surface area contributed by atoms with Crippen molar-refractivity contribution in [3.05, 3.63) is 58.1 Å². The van der Waals surface area contributed by atoms with Crippen LogP contribution in [0.25, 0.3) is 10.2 Å². The number of aromatic nitrogens is 1. The number of morpholine rings is 1. The van der Waals surface area contributed by atoms with Gasteiger partial charge in [-0.2, -0.15) is 0 Å². The molecule has 1 fully saturated rings. The number of ether oxygens (including phenoxy) is 1. The molecule has 30 heavy (non-hydrogen) atoms. The molecule has 6 heteroatoms. The molecule has 1 aliphatic heterocycles. The Labute approximate surface area is 182 Å². The molecule has 2 heterocycles. The molecular weight excluding hydrogens is 394 g/mol. The summed E-state index contributed by atoms with van der Waals surface area (Å²) in [7, 11) is 0. The van der Waals surface area contributed by atoms with E-state index in [1.807, 2.05) is 36.9 Å². The number of hydrogen-bond acceptors (Lipinski definition) is 5. The average molecular weight is 424 g/mol. The lowest BCUT2D eigenvalue weighted by molar-refractivity contribution is 0.0391. The standard InChI is InChI=1S/C24H29N3O2S/c1-16-5-6-18(3)20(14-16)23(28)27(8-7-26-9-11-29-12-10-26)24-25-21-15-17(2)13-19(4)22(21)30-24/h5-6,13-15H,7-12H2,1-4H3. The Morgan fingerprint density at radius 3 is 2.60 bits per heavy atom. The molecule has 0 bridgehead atoms. The lowest BCUT2D eigenvalue weighted by atomic mass is 10.0. The molecule has 0 N–H and O–H groups in total. The SMILES string of the molecule is Cc1ccc(C)c(C(=O)N(CCN2CCOCC2)c2nc3cc(C)cc(C)c3s2)c1. The van der Waals surface area contributed by atoms with Gasteiger partial charge in [0.1, 0.15) is 0 Å². The van der Waals surface area contributed by atoms with Gasteiger partial charge in [0.2, 0.25) is 0 Å². The molecule has 0 atom stereocenters. The molecule has 1 amide bonds. The van der Waals surface area contributed by atoms with Crippen LogP contribution >= 0.6 is 11.3 Å². The van der Waals surface area contributed by atoms with Crippen molar-refractivity contribution >= 4 is 32.6 Å². The van der Waals surface area contributed by atoms with E-state index in [9.17, 15) is 4.79 Å². The second kappa shape index (κ2) is 8.84. The van der Waals surface area contributed by atoms with Gasteiger partial charge in [-0.1, -0.05) is 35.1 Å². The minimum absolute atomic E-state index is 0.0258. The molecule has 0 saturated carbocycles. The minimum Gasteiger partial charge on any atom is -0.379 e. The first-order valence-electron chi connectivity index (χ1n) is 10.5. The first-order chi connectivity index (χ1) is 14.4. The Balaban J connectivity index is 1.70. The summed E-state index contributed by atoms with van der Waals surface area (Å²) in [6, 6.07) is 10.3.